The molecule has 1 aliphatic heterocycles. The highest BCUT2D eigenvalue weighted by atomic mass is 79.9. The largest absolute Gasteiger partial charge is 0.493 e. The number of ether oxygens (including phenoxy) is 4. The van der Waals surface area contributed by atoms with E-state index in [-0.39, 0.29) is 18.8 Å². The van der Waals surface area contributed by atoms with Crippen molar-refractivity contribution in [3.05, 3.63) is 61.7 Å². The van der Waals surface area contributed by atoms with E-state index in [2.05, 4.69) is 53.0 Å². The number of hydrazone groups is 1. The summed E-state index contributed by atoms with van der Waals surface area (Å²) < 4.78 is 23.3. The summed E-state index contributed by atoms with van der Waals surface area (Å²) in [5.74, 6) is 0.238. The highest BCUT2D eigenvalue weighted by molar-refractivity contribution is 9.11. The molecule has 0 spiro atoms. The number of hydrogen-bond donors (Lipinski definition) is 3. The molecular formula is C26H28Br2N4O7. The topological polar surface area (TPSA) is 137 Å². The predicted molar refractivity (Wildman–Crippen MR) is 151 cm³/mol. The maximum Gasteiger partial charge on any atom is 0.338 e. The van der Waals surface area contributed by atoms with Crippen LogP contribution in [0.1, 0.15) is 37.9 Å². The van der Waals surface area contributed by atoms with E-state index in [1.165, 1.54) is 13.3 Å². The minimum absolute atomic E-state index is 0.188. The predicted octanol–water partition coefficient (Wildman–Crippen LogP) is 4.34. The third-order valence-electron chi connectivity index (χ3n) is 5.36. The molecule has 1 atom stereocenters. The molecule has 0 aliphatic carbocycles. The van der Waals surface area contributed by atoms with Gasteiger partial charge in [0.2, 0.25) is 0 Å². The van der Waals surface area contributed by atoms with Crippen LogP contribution in [-0.2, 0) is 14.3 Å². The number of allylic oxidation sites excluding steroid dienone is 1. The van der Waals surface area contributed by atoms with Gasteiger partial charge in [0.15, 0.2) is 18.1 Å². The molecule has 13 heteroatoms. The van der Waals surface area contributed by atoms with Gasteiger partial charge in [0.25, 0.3) is 5.91 Å². The smallest absolute Gasteiger partial charge is 0.338 e. The lowest BCUT2D eigenvalue weighted by atomic mass is 9.95. The van der Waals surface area contributed by atoms with Crippen molar-refractivity contribution >= 4 is 56.0 Å². The number of carbonyl (C=O) groups is 3. The lowest BCUT2D eigenvalue weighted by Crippen LogP contribution is -2.45. The fourth-order valence-electron chi connectivity index (χ4n) is 3.70. The van der Waals surface area contributed by atoms with Crippen LogP contribution in [0.3, 0.4) is 0 Å². The van der Waals surface area contributed by atoms with Crippen LogP contribution >= 0.6 is 31.9 Å². The van der Waals surface area contributed by atoms with Gasteiger partial charge in [-0.2, -0.15) is 5.10 Å². The van der Waals surface area contributed by atoms with E-state index in [4.69, 9.17) is 18.9 Å². The zero-order chi connectivity index (χ0) is 28.5. The molecule has 0 saturated heterocycles. The average molecular weight is 668 g/mol. The van der Waals surface area contributed by atoms with E-state index < -0.39 is 23.9 Å². The van der Waals surface area contributed by atoms with E-state index >= 15 is 0 Å². The van der Waals surface area contributed by atoms with E-state index in [9.17, 15) is 14.4 Å². The van der Waals surface area contributed by atoms with Gasteiger partial charge in [-0.3, -0.25) is 4.79 Å². The first-order valence-corrected chi connectivity index (χ1v) is 13.5. The zero-order valence-corrected chi connectivity index (χ0v) is 24.9. The number of carbonyl (C=O) groups excluding carboxylic acids is 3. The van der Waals surface area contributed by atoms with Crippen LogP contribution in [0.5, 0.6) is 17.2 Å². The number of hydrogen-bond acceptors (Lipinski definition) is 8. The minimum atomic E-state index is -0.763. The number of nitrogens with one attached hydrogen (secondary N) is 3. The number of urea groups is 1. The molecule has 2 aromatic carbocycles. The average Bonchev–Trinajstić information content (AvgIpc) is 2.89. The van der Waals surface area contributed by atoms with Crippen LogP contribution in [0, 0.1) is 0 Å². The first-order chi connectivity index (χ1) is 18.7. The van der Waals surface area contributed by atoms with Gasteiger partial charge in [-0.25, -0.2) is 15.0 Å². The summed E-state index contributed by atoms with van der Waals surface area (Å²) in [6.07, 6.45) is 1.49. The Morgan fingerprint density at radius 3 is 2.44 bits per heavy atom. The highest BCUT2D eigenvalue weighted by Gasteiger charge is 2.32. The van der Waals surface area contributed by atoms with Crippen molar-refractivity contribution in [3.63, 3.8) is 0 Å². The number of esters is 1. The lowest BCUT2D eigenvalue weighted by Gasteiger charge is -2.28. The Kier molecular flexibility index (Phi) is 10.8. The van der Waals surface area contributed by atoms with E-state index in [1.54, 1.807) is 32.0 Å². The molecule has 3 amide bonds. The second-order valence-electron chi connectivity index (χ2n) is 8.03. The van der Waals surface area contributed by atoms with Crippen LogP contribution in [0.4, 0.5) is 4.79 Å². The molecule has 0 fully saturated rings. The van der Waals surface area contributed by atoms with Crippen LogP contribution in [0.25, 0.3) is 0 Å². The molecule has 3 N–H and O–H groups in total. The second-order valence-corrected chi connectivity index (χ2v) is 9.74. The maximum atomic E-state index is 12.6. The van der Waals surface area contributed by atoms with Gasteiger partial charge in [0.1, 0.15) is 5.75 Å². The van der Waals surface area contributed by atoms with E-state index in [0.29, 0.717) is 35.1 Å². The van der Waals surface area contributed by atoms with Crippen molar-refractivity contribution in [3.8, 4) is 17.2 Å². The molecule has 39 heavy (non-hydrogen) atoms. The molecular weight excluding hydrogens is 640 g/mol. The fourth-order valence-corrected chi connectivity index (χ4v) is 5.15. The van der Waals surface area contributed by atoms with Crippen LogP contribution < -0.4 is 30.3 Å². The van der Waals surface area contributed by atoms with Gasteiger partial charge in [-0.1, -0.05) is 6.07 Å². The van der Waals surface area contributed by atoms with Crippen molar-refractivity contribution in [2.75, 3.05) is 26.9 Å². The quantitative estimate of drug-likeness (QED) is 0.184. The molecule has 11 nitrogen and oxygen atoms in total. The Morgan fingerprint density at radius 2 is 1.79 bits per heavy atom. The molecule has 3 rings (SSSR count). The molecule has 0 aromatic heterocycles. The van der Waals surface area contributed by atoms with Gasteiger partial charge in [0.05, 0.1) is 47.1 Å². The zero-order valence-electron chi connectivity index (χ0n) is 21.7. The summed E-state index contributed by atoms with van der Waals surface area (Å²) in [5.41, 5.74) is 4.37. The highest BCUT2D eigenvalue weighted by Crippen LogP contribution is 2.35. The number of nitrogens with zero attached hydrogens (tertiary/aromatic N) is 1. The van der Waals surface area contributed by atoms with Crippen molar-refractivity contribution in [1.82, 2.24) is 16.1 Å². The number of amides is 3. The Balaban J connectivity index is 1.67. The number of methoxy groups -OCH3 is 1. The Labute approximate surface area is 242 Å². The summed E-state index contributed by atoms with van der Waals surface area (Å²) in [6, 6.07) is 7.28. The number of rotatable bonds is 11. The first-order valence-electron chi connectivity index (χ1n) is 11.9. The molecule has 0 radical (unpaired) electrons. The Hall–Kier alpha value is -3.58. The van der Waals surface area contributed by atoms with E-state index in [0.717, 1.165) is 14.5 Å². The van der Waals surface area contributed by atoms with Crippen LogP contribution in [0.15, 0.2) is 55.6 Å². The number of benzene rings is 2. The normalized spacial score (nSPS) is 14.9. The second kappa shape index (κ2) is 14.0. The van der Waals surface area contributed by atoms with Crippen molar-refractivity contribution < 1.29 is 33.3 Å². The summed E-state index contributed by atoms with van der Waals surface area (Å²) in [7, 11) is 1.44. The standard InChI is InChI=1S/C26H28Br2N4O7/c1-5-37-24-17(27)9-15(10-18(24)28)12-29-32-21(33)13-39-19-8-7-16(11-20(19)36-4)23-22(25(34)38-6-2)14(3)30-26(35)31-23/h7-12,23H,5-6,13H2,1-4H3,(H,32,33)(H2,30,31,35)/b29-12-/t23-/m1/s1. The molecule has 2 aromatic rings. The molecule has 1 heterocycles. The van der Waals surface area contributed by atoms with E-state index in [1.807, 2.05) is 19.1 Å². The van der Waals surface area contributed by atoms with Gasteiger partial charge in [0, 0.05) is 5.70 Å². The SMILES string of the molecule is CCOC(=O)C1=C(C)NC(=O)N[C@@H]1c1ccc(OCC(=O)N/N=C\c2cc(Br)c(OCC)c(Br)c2)c(OC)c1. The first kappa shape index (κ1) is 30.0. The summed E-state index contributed by atoms with van der Waals surface area (Å²) in [6.45, 7) is 5.60. The third-order valence-corrected chi connectivity index (χ3v) is 6.53. The van der Waals surface area contributed by atoms with Gasteiger partial charge >= 0.3 is 12.0 Å². The Morgan fingerprint density at radius 1 is 1.08 bits per heavy atom. The summed E-state index contributed by atoms with van der Waals surface area (Å²) in [5, 5.41) is 9.29. The molecule has 0 bridgehead atoms. The minimum Gasteiger partial charge on any atom is -0.493 e. The van der Waals surface area contributed by atoms with Gasteiger partial charge in [-0.15, -0.1) is 0 Å². The lowest BCUT2D eigenvalue weighted by molar-refractivity contribution is -0.139. The van der Waals surface area contributed by atoms with Crippen LogP contribution in [-0.4, -0.2) is 51.1 Å². The summed E-state index contributed by atoms with van der Waals surface area (Å²) >= 11 is 6.91. The molecule has 0 saturated carbocycles. The van der Waals surface area contributed by atoms with Crippen molar-refractivity contribution in [2.24, 2.45) is 5.10 Å². The summed E-state index contributed by atoms with van der Waals surface area (Å²) in [4.78, 5) is 37.0. The molecule has 208 valence electrons. The Bertz CT molecular complexity index is 1290. The van der Waals surface area contributed by atoms with Gasteiger partial charge in [-0.05, 0) is 88.0 Å². The van der Waals surface area contributed by atoms with Gasteiger partial charge < -0.3 is 29.6 Å². The maximum absolute atomic E-state index is 12.6. The van der Waals surface area contributed by atoms with Crippen molar-refractivity contribution in [1.29, 1.82) is 0 Å². The number of halogens is 2. The monoisotopic (exact) mass is 666 g/mol. The van der Waals surface area contributed by atoms with Crippen molar-refractivity contribution in [2.45, 2.75) is 26.8 Å². The molecule has 1 aliphatic rings. The third kappa shape index (κ3) is 7.73. The fraction of sp³-hybridized carbons (Fsp3) is 0.308. The molecule has 0 unspecified atom stereocenters. The van der Waals surface area contributed by atoms with Crippen LogP contribution in [0.2, 0.25) is 0 Å².